The van der Waals surface area contributed by atoms with E-state index in [1.54, 1.807) is 30.1 Å². The highest BCUT2D eigenvalue weighted by Gasteiger charge is 2.22. The number of hydrogen-bond acceptors (Lipinski definition) is 3. The number of hydrogen-bond donors (Lipinski definition) is 3. The van der Waals surface area contributed by atoms with Gasteiger partial charge < -0.3 is 15.7 Å². The largest absolute Gasteiger partial charge is 0.480 e. The molecule has 0 spiro atoms. The molecule has 0 amide bonds. The standard InChI is InChI=1S/C14H21N3O2/c1-3-4-8-12(14(18)19)17(2)11-7-5-6-10(9-11)13(15)16/h5-7,9,12H,3-4,8H2,1-2H3,(H3,15,16)(H,18,19)/t12-/m0/s1. The third kappa shape index (κ3) is 3.98. The van der Waals surface area contributed by atoms with Gasteiger partial charge in [-0.25, -0.2) is 4.79 Å². The molecule has 1 aromatic rings. The second kappa shape index (κ2) is 6.78. The lowest BCUT2D eigenvalue weighted by molar-refractivity contribution is -0.138. The second-order valence-electron chi connectivity index (χ2n) is 4.57. The average Bonchev–Trinajstić information content (AvgIpc) is 2.38. The predicted molar refractivity (Wildman–Crippen MR) is 76.8 cm³/mol. The first-order valence-electron chi connectivity index (χ1n) is 6.37. The van der Waals surface area contributed by atoms with Crippen molar-refractivity contribution in [2.45, 2.75) is 32.2 Å². The number of anilines is 1. The molecule has 0 saturated carbocycles. The smallest absolute Gasteiger partial charge is 0.326 e. The molecule has 0 aliphatic carbocycles. The van der Waals surface area contributed by atoms with Gasteiger partial charge in [-0.05, 0) is 18.6 Å². The van der Waals surface area contributed by atoms with Gasteiger partial charge >= 0.3 is 5.97 Å². The maximum Gasteiger partial charge on any atom is 0.326 e. The van der Waals surface area contributed by atoms with Crippen LogP contribution in [-0.2, 0) is 4.79 Å². The molecule has 104 valence electrons. The maximum atomic E-state index is 11.3. The number of amidine groups is 1. The summed E-state index contributed by atoms with van der Waals surface area (Å²) in [5.41, 5.74) is 6.81. The number of aliphatic carboxylic acids is 1. The monoisotopic (exact) mass is 263 g/mol. The normalized spacial score (nSPS) is 11.9. The van der Waals surface area contributed by atoms with E-state index in [0.717, 1.165) is 18.5 Å². The van der Waals surface area contributed by atoms with Crippen molar-refractivity contribution in [2.75, 3.05) is 11.9 Å². The zero-order valence-electron chi connectivity index (χ0n) is 11.4. The van der Waals surface area contributed by atoms with E-state index in [-0.39, 0.29) is 5.84 Å². The number of rotatable bonds is 7. The molecule has 1 rings (SSSR count). The summed E-state index contributed by atoms with van der Waals surface area (Å²) in [6.45, 7) is 2.04. The van der Waals surface area contributed by atoms with Crippen LogP contribution in [0.1, 0.15) is 31.7 Å². The molecule has 0 aliphatic heterocycles. The fraction of sp³-hybridized carbons (Fsp3) is 0.429. The number of benzene rings is 1. The number of nitrogens with two attached hydrogens (primary N) is 1. The summed E-state index contributed by atoms with van der Waals surface area (Å²) in [6.07, 6.45) is 2.44. The molecule has 5 nitrogen and oxygen atoms in total. The first kappa shape index (κ1) is 15.0. The zero-order chi connectivity index (χ0) is 14.4. The minimum Gasteiger partial charge on any atom is -0.480 e. The van der Waals surface area contributed by atoms with Crippen LogP contribution in [0.2, 0.25) is 0 Å². The molecule has 0 radical (unpaired) electrons. The Morgan fingerprint density at radius 2 is 2.21 bits per heavy atom. The molecule has 0 heterocycles. The van der Waals surface area contributed by atoms with Gasteiger partial charge in [0.1, 0.15) is 11.9 Å². The van der Waals surface area contributed by atoms with Crippen molar-refractivity contribution in [3.63, 3.8) is 0 Å². The Morgan fingerprint density at radius 1 is 1.53 bits per heavy atom. The Morgan fingerprint density at radius 3 is 2.74 bits per heavy atom. The molecule has 1 atom stereocenters. The number of carboxylic acid groups (broad SMARTS) is 1. The highest BCUT2D eigenvalue weighted by molar-refractivity contribution is 5.96. The van der Waals surface area contributed by atoms with Gasteiger partial charge in [0, 0.05) is 18.3 Å². The lowest BCUT2D eigenvalue weighted by Gasteiger charge is -2.27. The molecule has 5 heteroatoms. The zero-order valence-corrected chi connectivity index (χ0v) is 11.4. The van der Waals surface area contributed by atoms with Crippen molar-refractivity contribution in [1.29, 1.82) is 5.41 Å². The van der Waals surface area contributed by atoms with E-state index < -0.39 is 12.0 Å². The van der Waals surface area contributed by atoms with Crippen LogP contribution in [0, 0.1) is 5.41 Å². The Kier molecular flexibility index (Phi) is 5.36. The molecule has 4 N–H and O–H groups in total. The number of likely N-dealkylation sites (N-methyl/N-ethyl adjacent to an activating group) is 1. The number of carbonyl (C=O) groups is 1. The topological polar surface area (TPSA) is 90.4 Å². The summed E-state index contributed by atoms with van der Waals surface area (Å²) in [7, 11) is 1.76. The number of nitrogens with one attached hydrogen (secondary N) is 1. The Balaban J connectivity index is 2.95. The molecule has 0 unspecified atom stereocenters. The van der Waals surface area contributed by atoms with E-state index >= 15 is 0 Å². The third-order valence-electron chi connectivity index (χ3n) is 3.15. The molecule has 0 bridgehead atoms. The summed E-state index contributed by atoms with van der Waals surface area (Å²) in [4.78, 5) is 13.1. The minimum absolute atomic E-state index is 0.0179. The van der Waals surface area contributed by atoms with Crippen LogP contribution in [0.15, 0.2) is 24.3 Å². The van der Waals surface area contributed by atoms with E-state index in [1.165, 1.54) is 0 Å². The predicted octanol–water partition coefficient (Wildman–Crippen LogP) is 2.05. The van der Waals surface area contributed by atoms with Crippen molar-refractivity contribution in [3.8, 4) is 0 Å². The summed E-state index contributed by atoms with van der Waals surface area (Å²) in [5.74, 6) is -0.847. The Labute approximate surface area is 113 Å². The van der Waals surface area contributed by atoms with Gasteiger partial charge in [-0.1, -0.05) is 31.9 Å². The molecule has 0 aromatic heterocycles. The highest BCUT2D eigenvalue weighted by atomic mass is 16.4. The number of nitrogens with zero attached hydrogens (tertiary/aromatic N) is 1. The third-order valence-corrected chi connectivity index (χ3v) is 3.15. The van der Waals surface area contributed by atoms with Crippen LogP contribution in [0.3, 0.4) is 0 Å². The van der Waals surface area contributed by atoms with Crippen LogP contribution < -0.4 is 10.6 Å². The minimum atomic E-state index is -0.829. The van der Waals surface area contributed by atoms with Crippen molar-refractivity contribution in [2.24, 2.45) is 5.73 Å². The summed E-state index contributed by atoms with van der Waals surface area (Å²) in [5, 5.41) is 16.7. The van der Waals surface area contributed by atoms with Crippen LogP contribution in [-0.4, -0.2) is 30.0 Å². The number of nitrogen functional groups attached to an aromatic ring is 1. The van der Waals surface area contributed by atoms with Gasteiger partial charge in [0.25, 0.3) is 0 Å². The van der Waals surface area contributed by atoms with Gasteiger partial charge in [0.15, 0.2) is 0 Å². The molecular weight excluding hydrogens is 242 g/mol. The summed E-state index contributed by atoms with van der Waals surface area (Å²) >= 11 is 0. The van der Waals surface area contributed by atoms with Gasteiger partial charge in [0.05, 0.1) is 0 Å². The number of carboxylic acids is 1. The van der Waals surface area contributed by atoms with Gasteiger partial charge in [-0.3, -0.25) is 5.41 Å². The summed E-state index contributed by atoms with van der Waals surface area (Å²) in [6, 6.07) is 6.53. The lowest BCUT2D eigenvalue weighted by atomic mass is 10.1. The molecule has 0 aliphatic rings. The lowest BCUT2D eigenvalue weighted by Crippen LogP contribution is -2.38. The van der Waals surface area contributed by atoms with Crippen LogP contribution in [0.25, 0.3) is 0 Å². The van der Waals surface area contributed by atoms with Crippen molar-refractivity contribution >= 4 is 17.5 Å². The fourth-order valence-electron chi connectivity index (χ4n) is 1.95. The first-order valence-corrected chi connectivity index (χ1v) is 6.37. The van der Waals surface area contributed by atoms with Crippen LogP contribution in [0.4, 0.5) is 5.69 Å². The molecule has 19 heavy (non-hydrogen) atoms. The second-order valence-corrected chi connectivity index (χ2v) is 4.57. The SMILES string of the molecule is CCCC[C@@H](C(=O)O)N(C)c1cccc(C(=N)N)c1. The number of unbranched alkanes of at least 4 members (excludes halogenated alkanes) is 1. The summed E-state index contributed by atoms with van der Waals surface area (Å²) < 4.78 is 0. The Hall–Kier alpha value is -2.04. The van der Waals surface area contributed by atoms with E-state index in [4.69, 9.17) is 11.1 Å². The van der Waals surface area contributed by atoms with Crippen molar-refractivity contribution in [1.82, 2.24) is 0 Å². The average molecular weight is 263 g/mol. The maximum absolute atomic E-state index is 11.3. The molecular formula is C14H21N3O2. The van der Waals surface area contributed by atoms with Crippen molar-refractivity contribution < 1.29 is 9.90 Å². The van der Waals surface area contributed by atoms with Crippen molar-refractivity contribution in [3.05, 3.63) is 29.8 Å². The van der Waals surface area contributed by atoms with E-state index in [1.807, 2.05) is 13.0 Å². The molecule has 1 aromatic carbocycles. The molecule has 0 fully saturated rings. The Bertz CT molecular complexity index is 460. The van der Waals surface area contributed by atoms with Crippen LogP contribution in [0.5, 0.6) is 0 Å². The van der Waals surface area contributed by atoms with E-state index in [2.05, 4.69) is 0 Å². The van der Waals surface area contributed by atoms with Gasteiger partial charge in [-0.15, -0.1) is 0 Å². The van der Waals surface area contributed by atoms with Crippen LogP contribution >= 0.6 is 0 Å². The van der Waals surface area contributed by atoms with E-state index in [9.17, 15) is 9.90 Å². The molecule has 0 saturated heterocycles. The van der Waals surface area contributed by atoms with Gasteiger partial charge in [0.2, 0.25) is 0 Å². The van der Waals surface area contributed by atoms with E-state index in [0.29, 0.717) is 12.0 Å². The highest BCUT2D eigenvalue weighted by Crippen LogP contribution is 2.19. The first-order chi connectivity index (χ1) is 8.97. The van der Waals surface area contributed by atoms with Gasteiger partial charge in [-0.2, -0.15) is 0 Å². The quantitative estimate of drug-likeness (QED) is 0.518. The fourth-order valence-corrected chi connectivity index (χ4v) is 1.95.